The molecule has 4 rings (SSSR count). The minimum atomic E-state index is -3.89. The zero-order chi connectivity index (χ0) is 24.6. The number of fused-ring (bicyclic) bond motifs is 1. The molecule has 0 radical (unpaired) electrons. The van der Waals surface area contributed by atoms with Gasteiger partial charge in [-0.1, -0.05) is 17.0 Å². The molecule has 1 N–H and O–H groups in total. The zero-order valence-electron chi connectivity index (χ0n) is 18.9. The van der Waals surface area contributed by atoms with Crippen LogP contribution in [0.2, 0.25) is 0 Å². The molecule has 8 nitrogen and oxygen atoms in total. The summed E-state index contributed by atoms with van der Waals surface area (Å²) in [5.74, 6) is -0.945. The summed E-state index contributed by atoms with van der Waals surface area (Å²) < 4.78 is 41.4. The molecule has 0 fully saturated rings. The van der Waals surface area contributed by atoms with Gasteiger partial charge in [-0.2, -0.15) is 12.8 Å². The number of benzene rings is 1. The molecule has 3 heterocycles. The van der Waals surface area contributed by atoms with E-state index >= 15 is 4.39 Å². The second-order valence-corrected chi connectivity index (χ2v) is 10.2. The minimum absolute atomic E-state index is 0.203. The van der Waals surface area contributed by atoms with Crippen molar-refractivity contribution in [1.82, 2.24) is 19.9 Å². The first-order valence-corrected chi connectivity index (χ1v) is 12.1. The van der Waals surface area contributed by atoms with Gasteiger partial charge in [-0.15, -0.1) is 0 Å². The highest BCUT2D eigenvalue weighted by molar-refractivity contribution is 7.86. The number of nitrogens with one attached hydrogen (secondary N) is 1. The van der Waals surface area contributed by atoms with Crippen LogP contribution in [0.4, 0.5) is 10.1 Å². The number of nitrogens with zero attached hydrogens (tertiary/aromatic N) is 4. The first-order valence-electron chi connectivity index (χ1n) is 10.6. The summed E-state index contributed by atoms with van der Waals surface area (Å²) in [4.78, 5) is 29.0. The fraction of sp³-hybridized carbons (Fsp3) is 0.208. The van der Waals surface area contributed by atoms with Crippen LogP contribution in [0.1, 0.15) is 42.0 Å². The van der Waals surface area contributed by atoms with Gasteiger partial charge in [0.2, 0.25) is 5.82 Å². The van der Waals surface area contributed by atoms with Gasteiger partial charge in [-0.05, 0) is 32.4 Å². The van der Waals surface area contributed by atoms with E-state index in [9.17, 15) is 13.2 Å². The highest BCUT2D eigenvalue weighted by atomic mass is 32.2. The minimum Gasteiger partial charge on any atom is -0.345 e. The molecule has 0 bridgehead atoms. The molecular formula is C24H23FN5O3S+. The number of aromatic nitrogens is 4. The smallest absolute Gasteiger partial charge is 0.345 e. The standard InChI is InChI=1S/C24H22FN5O3S/c1-5-14(2)34(32,33)30(4)21-8-6-7-18(22(21)25)23(31)20-13-29-24-19(20)9-16(10-28-24)17-11-26-15(3)27-12-17/h6-14H,4-5H2,1-3H3/p+1. The van der Waals surface area contributed by atoms with Gasteiger partial charge in [0.15, 0.2) is 12.5 Å². The molecule has 0 saturated carbocycles. The van der Waals surface area contributed by atoms with Crippen molar-refractivity contribution in [2.24, 2.45) is 0 Å². The number of rotatable bonds is 7. The summed E-state index contributed by atoms with van der Waals surface area (Å²) in [6.45, 7) is 8.56. The molecule has 1 unspecified atom stereocenters. The van der Waals surface area contributed by atoms with Crippen LogP contribution in [-0.4, -0.2) is 50.1 Å². The number of carbonyl (C=O) groups is 1. The number of halogens is 1. The van der Waals surface area contributed by atoms with Crippen LogP contribution in [0.3, 0.4) is 0 Å². The maximum atomic E-state index is 15.4. The van der Waals surface area contributed by atoms with Crippen LogP contribution in [0, 0.1) is 12.7 Å². The van der Waals surface area contributed by atoms with Gasteiger partial charge in [0.25, 0.3) is 5.69 Å². The molecule has 0 saturated heterocycles. The van der Waals surface area contributed by atoms with Gasteiger partial charge in [-0.3, -0.25) is 4.79 Å². The van der Waals surface area contributed by atoms with Crippen molar-refractivity contribution < 1.29 is 21.6 Å². The van der Waals surface area contributed by atoms with Gasteiger partial charge in [0.05, 0.1) is 5.56 Å². The van der Waals surface area contributed by atoms with Crippen LogP contribution in [-0.2, 0) is 10.0 Å². The van der Waals surface area contributed by atoms with Crippen LogP contribution in [0.5, 0.6) is 0 Å². The number of H-pyrrole nitrogens is 1. The average molecular weight is 481 g/mol. The Morgan fingerprint density at radius 1 is 1.15 bits per heavy atom. The lowest BCUT2D eigenvalue weighted by molar-refractivity contribution is -0.254. The molecule has 1 atom stereocenters. The third kappa shape index (κ3) is 4.01. The van der Waals surface area contributed by atoms with Crippen LogP contribution >= 0.6 is 0 Å². The third-order valence-electron chi connectivity index (χ3n) is 5.77. The second-order valence-electron chi connectivity index (χ2n) is 7.92. The fourth-order valence-electron chi connectivity index (χ4n) is 3.49. The van der Waals surface area contributed by atoms with E-state index in [1.165, 1.54) is 31.3 Å². The highest BCUT2D eigenvalue weighted by Gasteiger charge is 2.34. The molecule has 0 spiro atoms. The van der Waals surface area contributed by atoms with Crippen LogP contribution in [0.15, 0.2) is 49.1 Å². The number of hydrogen-bond donors (Lipinski definition) is 1. The quantitative estimate of drug-likeness (QED) is 0.242. The maximum Gasteiger partial charge on any atom is 0.371 e. The van der Waals surface area contributed by atoms with Crippen molar-refractivity contribution in [2.75, 3.05) is 0 Å². The second kappa shape index (κ2) is 8.86. The number of pyridine rings is 1. The summed E-state index contributed by atoms with van der Waals surface area (Å²) in [5.41, 5.74) is 1.51. The number of aryl methyl sites for hydroxylation is 1. The van der Waals surface area contributed by atoms with Crippen LogP contribution < -0.4 is 0 Å². The lowest BCUT2D eigenvalue weighted by atomic mass is 10.0. The number of ketones is 1. The Morgan fingerprint density at radius 2 is 1.82 bits per heavy atom. The molecule has 1 aromatic carbocycles. The third-order valence-corrected chi connectivity index (χ3v) is 7.93. The Labute approximate surface area is 196 Å². The number of hydrogen-bond acceptors (Lipinski definition) is 6. The number of carbonyl (C=O) groups excluding carboxylic acids is 1. The predicted octanol–water partition coefficient (Wildman–Crippen LogP) is 4.17. The fourth-order valence-corrected chi connectivity index (χ4v) is 4.76. The van der Waals surface area contributed by atoms with Gasteiger partial charge < -0.3 is 4.98 Å². The van der Waals surface area contributed by atoms with Gasteiger partial charge in [-0.25, -0.2) is 15.0 Å². The molecular weight excluding hydrogens is 457 g/mol. The Morgan fingerprint density at radius 3 is 2.50 bits per heavy atom. The predicted molar refractivity (Wildman–Crippen MR) is 127 cm³/mol. The monoisotopic (exact) mass is 480 g/mol. The zero-order valence-corrected chi connectivity index (χ0v) is 19.7. The van der Waals surface area contributed by atoms with Crippen molar-refractivity contribution >= 4 is 39.2 Å². The Kier molecular flexibility index (Phi) is 6.09. The summed E-state index contributed by atoms with van der Waals surface area (Å²) in [6.07, 6.45) is 6.74. The Bertz CT molecular complexity index is 1530. The maximum absolute atomic E-state index is 15.4. The Balaban J connectivity index is 1.77. The summed E-state index contributed by atoms with van der Waals surface area (Å²) in [7, 11) is -3.89. The molecule has 34 heavy (non-hydrogen) atoms. The largest absolute Gasteiger partial charge is 0.371 e. The molecule has 3 aromatic heterocycles. The van der Waals surface area contributed by atoms with E-state index in [1.807, 2.05) is 0 Å². The molecule has 10 heteroatoms. The van der Waals surface area contributed by atoms with Crippen molar-refractivity contribution in [3.8, 4) is 11.1 Å². The summed E-state index contributed by atoms with van der Waals surface area (Å²) in [5, 5.41) is -0.265. The van der Waals surface area contributed by atoms with Gasteiger partial charge >= 0.3 is 10.0 Å². The van der Waals surface area contributed by atoms with Crippen molar-refractivity contribution in [2.45, 2.75) is 32.4 Å². The average Bonchev–Trinajstić information content (AvgIpc) is 3.26. The van der Waals surface area contributed by atoms with E-state index in [4.69, 9.17) is 0 Å². The first kappa shape index (κ1) is 23.4. The molecule has 0 aliphatic heterocycles. The molecule has 0 amide bonds. The van der Waals surface area contributed by atoms with Crippen molar-refractivity contribution in [3.05, 3.63) is 71.8 Å². The number of sulfonamides is 1. The van der Waals surface area contributed by atoms with E-state index in [2.05, 4.69) is 26.7 Å². The molecule has 0 aliphatic rings. The topological polar surface area (TPSA) is 109 Å². The van der Waals surface area contributed by atoms with Crippen LogP contribution in [0.25, 0.3) is 22.2 Å². The van der Waals surface area contributed by atoms with E-state index in [1.54, 1.807) is 38.5 Å². The molecule has 0 aliphatic carbocycles. The first-order chi connectivity index (χ1) is 16.1. The Hall–Kier alpha value is -3.79. The van der Waals surface area contributed by atoms with Crippen molar-refractivity contribution in [3.63, 3.8) is 0 Å². The normalized spacial score (nSPS) is 12.6. The molecule has 174 valence electrons. The lowest BCUT2D eigenvalue weighted by Gasteiger charge is -2.09. The van der Waals surface area contributed by atoms with Gasteiger partial charge in [0.1, 0.15) is 16.7 Å². The number of aromatic amines is 1. The highest BCUT2D eigenvalue weighted by Crippen LogP contribution is 2.29. The van der Waals surface area contributed by atoms with Gasteiger partial charge in [0, 0.05) is 52.9 Å². The summed E-state index contributed by atoms with van der Waals surface area (Å²) in [6, 6.07) is 5.78. The van der Waals surface area contributed by atoms with E-state index < -0.39 is 26.9 Å². The molecule has 4 aromatic rings. The summed E-state index contributed by atoms with van der Waals surface area (Å²) >= 11 is 0. The lowest BCUT2D eigenvalue weighted by Crippen LogP contribution is -2.26. The SMILES string of the molecule is C=[N+](c1cccc(C(=O)c2c[nH]c3ncc(-c4cnc(C)nc4)cc23)c1F)S(=O)(=O)C(C)CC. The van der Waals surface area contributed by atoms with Crippen molar-refractivity contribution in [1.29, 1.82) is 0 Å². The van der Waals surface area contributed by atoms with E-state index in [-0.39, 0.29) is 16.8 Å². The van der Waals surface area contributed by atoms with E-state index in [0.717, 1.165) is 5.56 Å². The van der Waals surface area contributed by atoms with E-state index in [0.29, 0.717) is 32.8 Å².